The summed E-state index contributed by atoms with van der Waals surface area (Å²) in [6, 6.07) is 0. The molecule has 0 saturated carbocycles. The molecule has 1 aromatic heterocycles. The molecule has 1 atom stereocenters. The summed E-state index contributed by atoms with van der Waals surface area (Å²) in [6.07, 6.45) is 0. The molecule has 15 heavy (non-hydrogen) atoms. The minimum absolute atomic E-state index is 0.294. The SMILES string of the molecule is CN1SC[C@@](C)(c2nc(Br)cs2)N=C1N. The molecule has 2 rings (SSSR count). The molecule has 0 saturated heterocycles. The van der Waals surface area contributed by atoms with E-state index >= 15 is 0 Å². The van der Waals surface area contributed by atoms with Gasteiger partial charge in [0.05, 0.1) is 0 Å². The van der Waals surface area contributed by atoms with Crippen LogP contribution in [0.15, 0.2) is 15.0 Å². The second-order valence-corrected chi connectivity index (χ2v) is 6.26. The second kappa shape index (κ2) is 3.95. The summed E-state index contributed by atoms with van der Waals surface area (Å²) in [7, 11) is 1.92. The lowest BCUT2D eigenvalue weighted by molar-refractivity contribution is 0.535. The van der Waals surface area contributed by atoms with E-state index in [4.69, 9.17) is 5.73 Å². The van der Waals surface area contributed by atoms with Gasteiger partial charge in [-0.3, -0.25) is 4.31 Å². The van der Waals surface area contributed by atoms with Crippen molar-refractivity contribution in [1.29, 1.82) is 0 Å². The lowest BCUT2D eigenvalue weighted by atomic mass is 10.1. The van der Waals surface area contributed by atoms with Gasteiger partial charge in [0, 0.05) is 18.2 Å². The van der Waals surface area contributed by atoms with E-state index in [-0.39, 0.29) is 5.54 Å². The summed E-state index contributed by atoms with van der Waals surface area (Å²) < 4.78 is 2.74. The Morgan fingerprint density at radius 2 is 2.40 bits per heavy atom. The zero-order chi connectivity index (χ0) is 11.1. The number of hydrogen-bond donors (Lipinski definition) is 1. The van der Waals surface area contributed by atoms with E-state index in [1.54, 1.807) is 23.3 Å². The second-order valence-electron chi connectivity index (χ2n) is 3.49. The van der Waals surface area contributed by atoms with Gasteiger partial charge in [-0.1, -0.05) is 0 Å². The van der Waals surface area contributed by atoms with Gasteiger partial charge in [-0.25, -0.2) is 9.98 Å². The first kappa shape index (κ1) is 11.2. The zero-order valence-corrected chi connectivity index (χ0v) is 11.6. The highest BCUT2D eigenvalue weighted by molar-refractivity contribution is 9.10. The molecule has 0 bridgehead atoms. The average molecular weight is 307 g/mol. The number of rotatable bonds is 1. The van der Waals surface area contributed by atoms with E-state index in [9.17, 15) is 0 Å². The Bertz CT molecular complexity index is 405. The van der Waals surface area contributed by atoms with Gasteiger partial charge in [0.25, 0.3) is 0 Å². The van der Waals surface area contributed by atoms with Crippen molar-refractivity contribution < 1.29 is 0 Å². The van der Waals surface area contributed by atoms with Crippen LogP contribution in [-0.2, 0) is 5.54 Å². The van der Waals surface area contributed by atoms with E-state index in [0.29, 0.717) is 5.96 Å². The van der Waals surface area contributed by atoms with Crippen LogP contribution in [0.2, 0.25) is 0 Å². The molecule has 4 nitrogen and oxygen atoms in total. The smallest absolute Gasteiger partial charge is 0.202 e. The number of aromatic nitrogens is 1. The largest absolute Gasteiger partial charge is 0.369 e. The lowest BCUT2D eigenvalue weighted by Crippen LogP contribution is -2.40. The van der Waals surface area contributed by atoms with Gasteiger partial charge in [0.1, 0.15) is 15.1 Å². The van der Waals surface area contributed by atoms with Gasteiger partial charge in [0.15, 0.2) is 0 Å². The molecule has 2 heterocycles. The maximum absolute atomic E-state index is 5.82. The lowest BCUT2D eigenvalue weighted by Gasteiger charge is -2.32. The van der Waals surface area contributed by atoms with Crippen LogP contribution in [0.4, 0.5) is 0 Å². The normalized spacial score (nSPS) is 26.6. The van der Waals surface area contributed by atoms with Crippen LogP contribution in [0.5, 0.6) is 0 Å². The topological polar surface area (TPSA) is 54.5 Å². The average Bonchev–Trinajstić information content (AvgIpc) is 2.60. The highest BCUT2D eigenvalue weighted by Crippen LogP contribution is 2.36. The Morgan fingerprint density at radius 3 is 2.93 bits per heavy atom. The summed E-state index contributed by atoms with van der Waals surface area (Å²) in [4.78, 5) is 8.91. The molecule has 0 unspecified atom stereocenters. The van der Waals surface area contributed by atoms with Crippen molar-refractivity contribution in [1.82, 2.24) is 9.29 Å². The molecule has 0 fully saturated rings. The summed E-state index contributed by atoms with van der Waals surface area (Å²) in [5, 5.41) is 2.97. The first-order valence-corrected chi connectivity index (χ1v) is 6.96. The number of aliphatic imine (C=N–C) groups is 1. The summed E-state index contributed by atoms with van der Waals surface area (Å²) >= 11 is 6.62. The Hall–Kier alpha value is -0.270. The minimum atomic E-state index is -0.294. The quantitative estimate of drug-likeness (QED) is 0.807. The predicted molar refractivity (Wildman–Crippen MR) is 69.0 cm³/mol. The van der Waals surface area contributed by atoms with E-state index in [1.807, 2.05) is 16.7 Å². The molecular formula is C8H11BrN4S2. The monoisotopic (exact) mass is 306 g/mol. The van der Waals surface area contributed by atoms with Crippen molar-refractivity contribution in [3.05, 3.63) is 15.0 Å². The van der Waals surface area contributed by atoms with Crippen molar-refractivity contribution in [2.75, 3.05) is 12.8 Å². The van der Waals surface area contributed by atoms with Crippen molar-refractivity contribution in [2.24, 2.45) is 10.7 Å². The number of nitrogens with zero attached hydrogens (tertiary/aromatic N) is 3. The molecule has 1 aromatic rings. The van der Waals surface area contributed by atoms with Crippen LogP contribution in [0.1, 0.15) is 11.9 Å². The summed E-state index contributed by atoms with van der Waals surface area (Å²) in [6.45, 7) is 2.06. The van der Waals surface area contributed by atoms with Crippen molar-refractivity contribution in [2.45, 2.75) is 12.5 Å². The maximum atomic E-state index is 5.82. The number of thiazole rings is 1. The van der Waals surface area contributed by atoms with E-state index in [1.165, 1.54) is 0 Å². The van der Waals surface area contributed by atoms with Gasteiger partial charge in [-0.05, 0) is 34.8 Å². The fraction of sp³-hybridized carbons (Fsp3) is 0.500. The van der Waals surface area contributed by atoms with Gasteiger partial charge in [-0.2, -0.15) is 0 Å². The molecule has 1 aliphatic rings. The summed E-state index contributed by atoms with van der Waals surface area (Å²) in [5.74, 6) is 1.42. The van der Waals surface area contributed by atoms with Crippen molar-refractivity contribution >= 4 is 45.2 Å². The molecule has 2 N–H and O–H groups in total. The predicted octanol–water partition coefficient (Wildman–Crippen LogP) is 2.03. The minimum Gasteiger partial charge on any atom is -0.369 e. The summed E-state index contributed by atoms with van der Waals surface area (Å²) in [5.41, 5.74) is 5.52. The highest BCUT2D eigenvalue weighted by atomic mass is 79.9. The number of guanidine groups is 1. The van der Waals surface area contributed by atoms with Gasteiger partial charge in [0.2, 0.25) is 5.96 Å². The Balaban J connectivity index is 2.36. The number of hydrogen-bond acceptors (Lipinski definition) is 6. The van der Waals surface area contributed by atoms with E-state index < -0.39 is 0 Å². The Kier molecular flexibility index (Phi) is 2.96. The fourth-order valence-corrected chi connectivity index (χ4v) is 3.53. The highest BCUT2D eigenvalue weighted by Gasteiger charge is 2.34. The maximum Gasteiger partial charge on any atom is 0.202 e. The molecule has 0 spiro atoms. The zero-order valence-electron chi connectivity index (χ0n) is 8.40. The van der Waals surface area contributed by atoms with Crippen LogP contribution < -0.4 is 5.73 Å². The molecule has 0 radical (unpaired) electrons. The molecule has 0 aromatic carbocycles. The standard InChI is InChI=1S/C8H11BrN4S2/c1-8(6-11-5(9)3-14-6)4-15-13(2)7(10)12-8/h3H,4H2,1-2H3,(H2,10,12)/t8-/m0/s1. The third-order valence-corrected chi connectivity index (χ3v) is 5.23. The van der Waals surface area contributed by atoms with Crippen molar-refractivity contribution in [3.63, 3.8) is 0 Å². The van der Waals surface area contributed by atoms with Crippen LogP contribution in [0, 0.1) is 0 Å². The number of nitrogens with two attached hydrogens (primary N) is 1. The van der Waals surface area contributed by atoms with Crippen LogP contribution in [-0.4, -0.2) is 28.0 Å². The Morgan fingerprint density at radius 1 is 1.67 bits per heavy atom. The van der Waals surface area contributed by atoms with Crippen LogP contribution in [0.25, 0.3) is 0 Å². The first-order valence-electron chi connectivity index (χ1n) is 4.35. The van der Waals surface area contributed by atoms with Crippen LogP contribution in [0.3, 0.4) is 0 Å². The first-order chi connectivity index (χ1) is 7.01. The third-order valence-electron chi connectivity index (χ3n) is 2.16. The van der Waals surface area contributed by atoms with Crippen molar-refractivity contribution in [3.8, 4) is 0 Å². The molecule has 82 valence electrons. The fourth-order valence-electron chi connectivity index (χ4n) is 1.26. The van der Waals surface area contributed by atoms with Crippen LogP contribution >= 0.6 is 39.2 Å². The Labute approximate surface area is 105 Å². The van der Waals surface area contributed by atoms with Gasteiger partial charge in [-0.15, -0.1) is 11.3 Å². The molecule has 7 heteroatoms. The molecule has 1 aliphatic heterocycles. The molecule has 0 aliphatic carbocycles. The third kappa shape index (κ3) is 2.14. The molecule has 0 amide bonds. The van der Waals surface area contributed by atoms with Gasteiger partial charge < -0.3 is 5.73 Å². The van der Waals surface area contributed by atoms with Gasteiger partial charge >= 0.3 is 0 Å². The van der Waals surface area contributed by atoms with E-state index in [2.05, 4.69) is 32.8 Å². The number of halogens is 1. The molecular weight excluding hydrogens is 296 g/mol. The van der Waals surface area contributed by atoms with E-state index in [0.717, 1.165) is 15.4 Å².